The summed E-state index contributed by atoms with van der Waals surface area (Å²) in [7, 11) is 0. The Labute approximate surface area is 63.1 Å². The molecule has 0 aromatic rings. The molecule has 0 saturated carbocycles. The molecule has 0 saturated heterocycles. The summed E-state index contributed by atoms with van der Waals surface area (Å²) in [5.74, 6) is 5.79. The zero-order valence-electron chi connectivity index (χ0n) is 6.90. The van der Waals surface area contributed by atoms with Gasteiger partial charge in [-0.2, -0.15) is 0 Å². The highest BCUT2D eigenvalue weighted by molar-refractivity contribution is 4.99. The first kappa shape index (κ1) is 9.10. The smallest absolute Gasteiger partial charge is 0.148 e. The maximum atomic E-state index is 5.06. The number of rotatable bonds is 2. The van der Waals surface area contributed by atoms with Gasteiger partial charge in [-0.1, -0.05) is 12.8 Å². The summed E-state index contributed by atoms with van der Waals surface area (Å²) >= 11 is 0. The van der Waals surface area contributed by atoms with Gasteiger partial charge in [0, 0.05) is 6.42 Å². The second-order valence-electron chi connectivity index (χ2n) is 2.21. The highest BCUT2D eigenvalue weighted by atomic mass is 16.5. The molecule has 0 radical (unpaired) electrons. The molecule has 0 aromatic carbocycles. The summed E-state index contributed by atoms with van der Waals surface area (Å²) < 4.78 is 5.06. The Morgan fingerprint density at radius 2 is 2.10 bits per heavy atom. The molecule has 0 aliphatic rings. The van der Waals surface area contributed by atoms with Crippen molar-refractivity contribution in [2.24, 2.45) is 0 Å². The third-order valence-corrected chi connectivity index (χ3v) is 0.776. The fourth-order valence-electron chi connectivity index (χ4n) is 0.426. The van der Waals surface area contributed by atoms with Crippen molar-refractivity contribution in [2.75, 3.05) is 6.61 Å². The highest BCUT2D eigenvalue weighted by Crippen LogP contribution is 1.87. The van der Waals surface area contributed by atoms with E-state index in [9.17, 15) is 0 Å². The van der Waals surface area contributed by atoms with E-state index in [1.807, 2.05) is 20.8 Å². The Kier molecular flexibility index (Phi) is 5.66. The standard InChI is InChI=1S/C9H14O/c1-4-5-6-7-10-8-9(2)3/h8H,4,7H2,1-3H3. The lowest BCUT2D eigenvalue weighted by molar-refractivity contribution is 0.293. The summed E-state index contributed by atoms with van der Waals surface area (Å²) in [6, 6.07) is 0. The molecule has 0 spiro atoms. The minimum atomic E-state index is 0.513. The van der Waals surface area contributed by atoms with Gasteiger partial charge in [-0.15, -0.1) is 5.92 Å². The van der Waals surface area contributed by atoms with Crippen LogP contribution in [0.15, 0.2) is 11.8 Å². The van der Waals surface area contributed by atoms with E-state index in [2.05, 4.69) is 11.8 Å². The molecule has 0 atom stereocenters. The predicted octanol–water partition coefficient (Wildman–Crippen LogP) is 2.34. The van der Waals surface area contributed by atoms with Crippen molar-refractivity contribution in [1.29, 1.82) is 0 Å². The van der Waals surface area contributed by atoms with E-state index in [-0.39, 0.29) is 0 Å². The first-order valence-corrected chi connectivity index (χ1v) is 3.48. The van der Waals surface area contributed by atoms with E-state index >= 15 is 0 Å². The lowest BCUT2D eigenvalue weighted by Gasteiger charge is -1.92. The molecule has 56 valence electrons. The second kappa shape index (κ2) is 6.22. The fourth-order valence-corrected chi connectivity index (χ4v) is 0.426. The molecule has 1 nitrogen and oxygen atoms in total. The van der Waals surface area contributed by atoms with Crippen molar-refractivity contribution in [1.82, 2.24) is 0 Å². The Hall–Kier alpha value is -0.900. The SMILES string of the molecule is CCC#CCOC=C(C)C. The summed E-state index contributed by atoms with van der Waals surface area (Å²) in [5, 5.41) is 0. The van der Waals surface area contributed by atoms with Crippen LogP contribution in [0.3, 0.4) is 0 Å². The minimum absolute atomic E-state index is 0.513. The van der Waals surface area contributed by atoms with Crippen molar-refractivity contribution in [3.05, 3.63) is 11.8 Å². The molecule has 0 aliphatic heterocycles. The molecule has 0 bridgehead atoms. The molecular weight excluding hydrogens is 124 g/mol. The lowest BCUT2D eigenvalue weighted by atomic mass is 10.4. The Morgan fingerprint density at radius 1 is 1.40 bits per heavy atom. The number of allylic oxidation sites excluding steroid dienone is 1. The molecule has 0 unspecified atom stereocenters. The van der Waals surface area contributed by atoms with Gasteiger partial charge < -0.3 is 4.74 Å². The van der Waals surface area contributed by atoms with E-state index in [0.717, 1.165) is 6.42 Å². The maximum absolute atomic E-state index is 5.06. The third kappa shape index (κ3) is 7.10. The van der Waals surface area contributed by atoms with Gasteiger partial charge in [-0.3, -0.25) is 0 Å². The van der Waals surface area contributed by atoms with E-state index in [1.54, 1.807) is 6.26 Å². The summed E-state index contributed by atoms with van der Waals surface area (Å²) in [5.41, 5.74) is 1.17. The van der Waals surface area contributed by atoms with Crippen LogP contribution in [-0.4, -0.2) is 6.61 Å². The van der Waals surface area contributed by atoms with Crippen molar-refractivity contribution in [3.63, 3.8) is 0 Å². The van der Waals surface area contributed by atoms with E-state index in [0.29, 0.717) is 6.61 Å². The molecule has 0 rings (SSSR count). The van der Waals surface area contributed by atoms with Crippen LogP contribution in [0.25, 0.3) is 0 Å². The van der Waals surface area contributed by atoms with Crippen LogP contribution >= 0.6 is 0 Å². The van der Waals surface area contributed by atoms with Crippen molar-refractivity contribution in [3.8, 4) is 11.8 Å². The summed E-state index contributed by atoms with van der Waals surface area (Å²) in [6.07, 6.45) is 2.63. The van der Waals surface area contributed by atoms with Gasteiger partial charge in [0.05, 0.1) is 6.26 Å². The van der Waals surface area contributed by atoms with Crippen LogP contribution < -0.4 is 0 Å². The average Bonchev–Trinajstić information content (AvgIpc) is 1.87. The molecule has 0 fully saturated rings. The Balaban J connectivity index is 3.29. The zero-order valence-corrected chi connectivity index (χ0v) is 6.90. The van der Waals surface area contributed by atoms with Crippen LogP contribution in [-0.2, 0) is 4.74 Å². The highest BCUT2D eigenvalue weighted by Gasteiger charge is 1.74. The molecule has 0 aromatic heterocycles. The number of hydrogen-bond donors (Lipinski definition) is 0. The third-order valence-electron chi connectivity index (χ3n) is 0.776. The molecule has 1 heteroatoms. The normalized spacial score (nSPS) is 7.50. The van der Waals surface area contributed by atoms with E-state index in [4.69, 9.17) is 4.74 Å². The van der Waals surface area contributed by atoms with Gasteiger partial charge in [0.15, 0.2) is 0 Å². The van der Waals surface area contributed by atoms with E-state index < -0.39 is 0 Å². The fraction of sp³-hybridized carbons (Fsp3) is 0.556. The van der Waals surface area contributed by atoms with Crippen LogP contribution in [0.1, 0.15) is 27.2 Å². The van der Waals surface area contributed by atoms with Crippen LogP contribution in [0, 0.1) is 11.8 Å². The predicted molar refractivity (Wildman–Crippen MR) is 43.5 cm³/mol. The quantitative estimate of drug-likeness (QED) is 0.323. The summed E-state index contributed by atoms with van der Waals surface area (Å²) in [4.78, 5) is 0. The first-order valence-electron chi connectivity index (χ1n) is 3.48. The monoisotopic (exact) mass is 138 g/mol. The molecular formula is C9H14O. The molecule has 0 amide bonds. The van der Waals surface area contributed by atoms with Crippen molar-refractivity contribution >= 4 is 0 Å². The van der Waals surface area contributed by atoms with Crippen LogP contribution in [0.2, 0.25) is 0 Å². The molecule has 10 heavy (non-hydrogen) atoms. The molecule has 0 heterocycles. The number of hydrogen-bond acceptors (Lipinski definition) is 1. The van der Waals surface area contributed by atoms with Gasteiger partial charge in [0.2, 0.25) is 0 Å². The number of ether oxygens (including phenoxy) is 1. The Morgan fingerprint density at radius 3 is 2.60 bits per heavy atom. The van der Waals surface area contributed by atoms with Gasteiger partial charge in [0.1, 0.15) is 6.61 Å². The van der Waals surface area contributed by atoms with Crippen molar-refractivity contribution in [2.45, 2.75) is 27.2 Å². The van der Waals surface area contributed by atoms with E-state index in [1.165, 1.54) is 5.57 Å². The van der Waals surface area contributed by atoms with Gasteiger partial charge in [-0.05, 0) is 19.4 Å². The van der Waals surface area contributed by atoms with Crippen LogP contribution in [0.5, 0.6) is 0 Å². The molecule has 0 aliphatic carbocycles. The topological polar surface area (TPSA) is 9.23 Å². The molecule has 0 N–H and O–H groups in total. The second-order valence-corrected chi connectivity index (χ2v) is 2.21. The minimum Gasteiger partial charge on any atom is -0.489 e. The summed E-state index contributed by atoms with van der Waals surface area (Å²) in [6.45, 7) is 6.52. The largest absolute Gasteiger partial charge is 0.489 e. The maximum Gasteiger partial charge on any atom is 0.148 e. The average molecular weight is 138 g/mol. The lowest BCUT2D eigenvalue weighted by Crippen LogP contribution is -1.81. The van der Waals surface area contributed by atoms with Gasteiger partial charge >= 0.3 is 0 Å². The first-order chi connectivity index (χ1) is 4.77. The van der Waals surface area contributed by atoms with Gasteiger partial charge in [0.25, 0.3) is 0 Å². The van der Waals surface area contributed by atoms with Gasteiger partial charge in [-0.25, -0.2) is 0 Å². The zero-order chi connectivity index (χ0) is 7.82. The van der Waals surface area contributed by atoms with Crippen molar-refractivity contribution < 1.29 is 4.74 Å². The van der Waals surface area contributed by atoms with Crippen LogP contribution in [0.4, 0.5) is 0 Å². The Bertz CT molecular complexity index is 153.